The van der Waals surface area contributed by atoms with Crippen LogP contribution < -0.4 is 5.43 Å². The van der Waals surface area contributed by atoms with Crippen LogP contribution in [0.25, 0.3) is 0 Å². The highest BCUT2D eigenvalue weighted by molar-refractivity contribution is 9.10. The van der Waals surface area contributed by atoms with Crippen molar-refractivity contribution in [1.82, 2.24) is 4.68 Å². The number of allylic oxidation sites excluding steroid dienone is 2. The fourth-order valence-electron chi connectivity index (χ4n) is 3.69. The first-order chi connectivity index (χ1) is 11.6. The topological polar surface area (TPSA) is 74.5 Å². The molecule has 124 valence electrons. The lowest BCUT2D eigenvalue weighted by atomic mass is 9.86. The van der Waals surface area contributed by atoms with Gasteiger partial charge in [-0.15, -0.1) is 0 Å². The van der Waals surface area contributed by atoms with Crippen molar-refractivity contribution in [3.63, 3.8) is 0 Å². The molecule has 2 bridgehead atoms. The minimum absolute atomic E-state index is 0.0748. The third kappa shape index (κ3) is 2.33. The molecule has 5 rings (SSSR count). The molecule has 0 aliphatic heterocycles. The fourth-order valence-corrected chi connectivity index (χ4v) is 3.95. The van der Waals surface area contributed by atoms with Gasteiger partial charge < -0.3 is 10.2 Å². The number of aromatic hydroxyl groups is 2. The van der Waals surface area contributed by atoms with Crippen LogP contribution in [0.15, 0.2) is 40.9 Å². The van der Waals surface area contributed by atoms with Crippen LogP contribution >= 0.6 is 15.9 Å². The predicted molar refractivity (Wildman–Crippen MR) is 94.1 cm³/mol. The summed E-state index contributed by atoms with van der Waals surface area (Å²) in [5.74, 6) is -0.354. The van der Waals surface area contributed by atoms with Crippen LogP contribution in [0.3, 0.4) is 0 Å². The van der Waals surface area contributed by atoms with E-state index in [1.54, 1.807) is 24.3 Å². The van der Waals surface area contributed by atoms with Gasteiger partial charge in [-0.05, 0) is 37.1 Å². The van der Waals surface area contributed by atoms with Crippen molar-refractivity contribution in [2.24, 2.45) is 0 Å². The summed E-state index contributed by atoms with van der Waals surface area (Å²) in [7, 11) is 0. The van der Waals surface area contributed by atoms with Crippen LogP contribution in [-0.2, 0) is 0 Å². The Morgan fingerprint density at radius 1 is 1.04 bits per heavy atom. The van der Waals surface area contributed by atoms with Crippen molar-refractivity contribution >= 4 is 21.8 Å². The number of nitrogens with one attached hydrogen (secondary N) is 1. The second kappa shape index (κ2) is 5.70. The third-order valence-corrected chi connectivity index (χ3v) is 5.39. The molecule has 0 spiro atoms. The highest BCUT2D eigenvalue weighted by Gasteiger charge is 2.36. The number of nitrogens with zero attached hydrogens (tertiary/aromatic N) is 1. The molecule has 2 unspecified atom stereocenters. The van der Waals surface area contributed by atoms with E-state index < -0.39 is 5.91 Å². The first-order valence-corrected chi connectivity index (χ1v) is 8.77. The first kappa shape index (κ1) is 15.3. The molecule has 1 heterocycles. The summed E-state index contributed by atoms with van der Waals surface area (Å²) < 4.78 is 1.98. The number of aromatic nitrogens is 1. The van der Waals surface area contributed by atoms with Gasteiger partial charge in [-0.25, -0.2) is 0 Å². The number of carbonyl (C=O) groups is 1. The van der Waals surface area contributed by atoms with E-state index in [1.165, 1.54) is 0 Å². The Morgan fingerprint density at radius 3 is 2.12 bits per heavy atom. The van der Waals surface area contributed by atoms with Gasteiger partial charge >= 0.3 is 0 Å². The van der Waals surface area contributed by atoms with Crippen LogP contribution in [0.4, 0.5) is 0 Å². The molecule has 6 heteroatoms. The molecule has 0 saturated heterocycles. The van der Waals surface area contributed by atoms with Gasteiger partial charge in [-0.1, -0.05) is 34.5 Å². The maximum Gasteiger partial charge on any atom is 0.270 e. The maximum atomic E-state index is 12.4. The van der Waals surface area contributed by atoms with Crippen LogP contribution in [0.5, 0.6) is 11.8 Å². The van der Waals surface area contributed by atoms with Crippen molar-refractivity contribution in [1.29, 1.82) is 0 Å². The Kier molecular flexibility index (Phi) is 3.64. The lowest BCUT2D eigenvalue weighted by Gasteiger charge is -2.17. The monoisotopic (exact) mass is 388 g/mol. The molecule has 1 aromatic carbocycles. The molecular formula is C18H17BrN2O3. The quantitative estimate of drug-likeness (QED) is 0.681. The van der Waals surface area contributed by atoms with Gasteiger partial charge in [0.05, 0.1) is 0 Å². The Morgan fingerprint density at radius 2 is 1.58 bits per heavy atom. The average Bonchev–Trinajstić information content (AvgIpc) is 2.80. The van der Waals surface area contributed by atoms with Gasteiger partial charge in [0.1, 0.15) is 0 Å². The van der Waals surface area contributed by atoms with Crippen molar-refractivity contribution in [3.8, 4) is 11.8 Å². The van der Waals surface area contributed by atoms with Gasteiger partial charge in [-0.3, -0.25) is 10.2 Å². The lowest BCUT2D eigenvalue weighted by Crippen LogP contribution is -2.22. The lowest BCUT2D eigenvalue weighted by molar-refractivity contribution is 0.100. The molecule has 1 amide bonds. The Labute approximate surface area is 147 Å². The van der Waals surface area contributed by atoms with E-state index in [0.29, 0.717) is 5.56 Å². The third-order valence-electron chi connectivity index (χ3n) is 4.86. The summed E-state index contributed by atoms with van der Waals surface area (Å²) in [5, 5.41) is 21.2. The second-order valence-electron chi connectivity index (χ2n) is 6.29. The zero-order valence-electron chi connectivity index (χ0n) is 12.9. The number of rotatable bonds is 2. The number of fused-ring (bicyclic) bond motifs is 2. The maximum absolute atomic E-state index is 12.4. The van der Waals surface area contributed by atoms with Crippen molar-refractivity contribution in [3.05, 3.63) is 57.6 Å². The SMILES string of the molecule is O=C(Nn1c(O)c2c(c1O)C1C=CC2CCC1)c1ccc(Br)cc1. The summed E-state index contributed by atoms with van der Waals surface area (Å²) >= 11 is 3.33. The van der Waals surface area contributed by atoms with E-state index >= 15 is 0 Å². The number of halogens is 1. The van der Waals surface area contributed by atoms with Gasteiger partial charge in [0.2, 0.25) is 11.8 Å². The van der Waals surface area contributed by atoms with Crippen molar-refractivity contribution in [2.75, 3.05) is 5.43 Å². The Balaban J connectivity index is 1.70. The minimum Gasteiger partial charge on any atom is -0.493 e. The molecule has 0 radical (unpaired) electrons. The Hall–Kier alpha value is -2.21. The summed E-state index contributed by atoms with van der Waals surface area (Å²) in [6.07, 6.45) is 7.14. The largest absolute Gasteiger partial charge is 0.493 e. The van der Waals surface area contributed by atoms with E-state index in [9.17, 15) is 15.0 Å². The number of amides is 1. The smallest absolute Gasteiger partial charge is 0.270 e. The van der Waals surface area contributed by atoms with Gasteiger partial charge in [0, 0.05) is 33.0 Å². The molecule has 3 N–H and O–H groups in total. The van der Waals surface area contributed by atoms with Crippen LogP contribution in [-0.4, -0.2) is 20.8 Å². The molecule has 24 heavy (non-hydrogen) atoms. The molecule has 2 atom stereocenters. The van der Waals surface area contributed by atoms with Crippen LogP contribution in [0.1, 0.15) is 52.6 Å². The van der Waals surface area contributed by atoms with E-state index in [0.717, 1.165) is 39.5 Å². The Bertz CT molecular complexity index is 801. The molecular weight excluding hydrogens is 372 g/mol. The minimum atomic E-state index is -0.390. The predicted octanol–water partition coefficient (Wildman–Crippen LogP) is 3.97. The summed E-state index contributed by atoms with van der Waals surface area (Å²) in [4.78, 5) is 12.4. The molecule has 1 aromatic heterocycles. The molecule has 5 nitrogen and oxygen atoms in total. The molecule has 0 saturated carbocycles. The van der Waals surface area contributed by atoms with Crippen LogP contribution in [0, 0.1) is 0 Å². The highest BCUT2D eigenvalue weighted by atomic mass is 79.9. The fraction of sp³-hybridized carbons (Fsp3) is 0.278. The van der Waals surface area contributed by atoms with E-state index in [2.05, 4.69) is 33.5 Å². The standard InChI is InChI=1S/C18H17BrN2O3/c19-13-8-6-12(7-9-13)16(22)20-21-17(23)14-10-2-1-3-11(5-4-10)15(14)18(21)24/h4-11,23-24H,1-3H2,(H,20,22). The zero-order valence-corrected chi connectivity index (χ0v) is 14.5. The highest BCUT2D eigenvalue weighted by Crippen LogP contribution is 2.51. The van der Waals surface area contributed by atoms with E-state index in [-0.39, 0.29) is 23.6 Å². The van der Waals surface area contributed by atoms with E-state index in [4.69, 9.17) is 0 Å². The van der Waals surface area contributed by atoms with Crippen LogP contribution in [0.2, 0.25) is 0 Å². The van der Waals surface area contributed by atoms with Gasteiger partial charge in [-0.2, -0.15) is 4.68 Å². The molecule has 0 fully saturated rings. The normalized spacial score (nSPS) is 21.4. The first-order valence-electron chi connectivity index (χ1n) is 7.98. The van der Waals surface area contributed by atoms with Gasteiger partial charge in [0.25, 0.3) is 5.91 Å². The molecule has 3 aliphatic rings. The summed E-state index contributed by atoms with van der Waals surface area (Å²) in [6, 6.07) is 6.88. The molecule has 3 aliphatic carbocycles. The number of hydrogen-bond donors (Lipinski definition) is 3. The summed E-state index contributed by atoms with van der Waals surface area (Å²) in [5.41, 5.74) is 4.53. The zero-order chi connectivity index (χ0) is 16.8. The average molecular weight is 389 g/mol. The van der Waals surface area contributed by atoms with E-state index in [1.807, 2.05) is 0 Å². The molecule has 2 aromatic rings. The number of benzene rings is 1. The van der Waals surface area contributed by atoms with Crippen molar-refractivity contribution in [2.45, 2.75) is 31.1 Å². The number of hydrogen-bond acceptors (Lipinski definition) is 3. The van der Waals surface area contributed by atoms with Gasteiger partial charge in [0.15, 0.2) is 0 Å². The second-order valence-corrected chi connectivity index (χ2v) is 7.20. The van der Waals surface area contributed by atoms with Crippen molar-refractivity contribution < 1.29 is 15.0 Å². The summed E-state index contributed by atoms with van der Waals surface area (Å²) in [6.45, 7) is 0. The number of carbonyl (C=O) groups excluding carboxylic acids is 1.